The van der Waals surface area contributed by atoms with E-state index in [2.05, 4.69) is 24.4 Å². The van der Waals surface area contributed by atoms with Gasteiger partial charge in [0.15, 0.2) is 0 Å². The molecule has 1 amide bonds. The summed E-state index contributed by atoms with van der Waals surface area (Å²) >= 11 is 0. The minimum Gasteiger partial charge on any atom is -0.393 e. The van der Waals surface area contributed by atoms with Crippen molar-refractivity contribution in [2.24, 2.45) is 0 Å². The summed E-state index contributed by atoms with van der Waals surface area (Å²) in [7, 11) is 0. The van der Waals surface area contributed by atoms with Crippen molar-refractivity contribution in [2.75, 3.05) is 0 Å². The standard InChI is InChI=1S/C16H23NO2/c1-2-3-4-12-5-7-13(8-6-12)9-16(19)17-14-10-15(18)11-14/h5-8,14-15,18H,2-4,9-11H2,1H3,(H,17,19). The van der Waals surface area contributed by atoms with Crippen molar-refractivity contribution >= 4 is 5.91 Å². The first-order valence-corrected chi connectivity index (χ1v) is 7.22. The summed E-state index contributed by atoms with van der Waals surface area (Å²) < 4.78 is 0. The number of unbranched alkanes of at least 4 members (excludes halogenated alkanes) is 1. The molecule has 19 heavy (non-hydrogen) atoms. The van der Waals surface area contributed by atoms with Gasteiger partial charge in [0.1, 0.15) is 0 Å². The molecule has 3 nitrogen and oxygen atoms in total. The van der Waals surface area contributed by atoms with E-state index in [1.807, 2.05) is 12.1 Å². The molecule has 0 aromatic heterocycles. The lowest BCUT2D eigenvalue weighted by Gasteiger charge is -2.31. The summed E-state index contributed by atoms with van der Waals surface area (Å²) in [6.07, 6.45) is 5.14. The average molecular weight is 261 g/mol. The smallest absolute Gasteiger partial charge is 0.224 e. The van der Waals surface area contributed by atoms with Crippen molar-refractivity contribution < 1.29 is 9.90 Å². The van der Waals surface area contributed by atoms with Crippen LogP contribution >= 0.6 is 0 Å². The maximum absolute atomic E-state index is 11.8. The van der Waals surface area contributed by atoms with Crippen molar-refractivity contribution in [3.8, 4) is 0 Å². The van der Waals surface area contributed by atoms with Gasteiger partial charge in [0.05, 0.1) is 12.5 Å². The highest BCUT2D eigenvalue weighted by Crippen LogP contribution is 2.19. The molecule has 104 valence electrons. The quantitative estimate of drug-likeness (QED) is 0.825. The predicted molar refractivity (Wildman–Crippen MR) is 75.9 cm³/mol. The fourth-order valence-electron chi connectivity index (χ4n) is 2.37. The van der Waals surface area contributed by atoms with E-state index < -0.39 is 0 Å². The Bertz CT molecular complexity index is 407. The summed E-state index contributed by atoms with van der Waals surface area (Å²) in [5, 5.41) is 12.1. The number of hydrogen-bond donors (Lipinski definition) is 2. The van der Waals surface area contributed by atoms with Gasteiger partial charge in [-0.25, -0.2) is 0 Å². The van der Waals surface area contributed by atoms with Gasteiger partial charge in [-0.1, -0.05) is 37.6 Å². The molecule has 1 aliphatic carbocycles. The molecule has 1 aromatic carbocycles. The molecule has 0 radical (unpaired) electrons. The second-order valence-corrected chi connectivity index (χ2v) is 5.49. The number of hydrogen-bond acceptors (Lipinski definition) is 2. The first-order chi connectivity index (χ1) is 9.17. The Morgan fingerprint density at radius 2 is 1.89 bits per heavy atom. The van der Waals surface area contributed by atoms with E-state index in [9.17, 15) is 9.90 Å². The molecule has 0 aliphatic heterocycles. The van der Waals surface area contributed by atoms with Gasteiger partial charge in [-0.15, -0.1) is 0 Å². The molecule has 1 saturated carbocycles. The number of rotatable bonds is 6. The number of nitrogens with one attached hydrogen (secondary N) is 1. The Kier molecular flexibility index (Phi) is 4.97. The van der Waals surface area contributed by atoms with Crippen LogP contribution in [0.15, 0.2) is 24.3 Å². The summed E-state index contributed by atoms with van der Waals surface area (Å²) in [4.78, 5) is 11.8. The van der Waals surface area contributed by atoms with Crippen molar-refractivity contribution in [1.29, 1.82) is 0 Å². The van der Waals surface area contributed by atoms with Gasteiger partial charge in [0, 0.05) is 6.04 Å². The van der Waals surface area contributed by atoms with Gasteiger partial charge in [0.25, 0.3) is 0 Å². The Morgan fingerprint density at radius 1 is 1.26 bits per heavy atom. The van der Waals surface area contributed by atoms with E-state index in [0.29, 0.717) is 19.3 Å². The molecule has 0 heterocycles. The van der Waals surface area contributed by atoms with Crippen molar-refractivity contribution in [1.82, 2.24) is 5.32 Å². The Balaban J connectivity index is 1.77. The molecule has 2 rings (SSSR count). The minimum absolute atomic E-state index is 0.0539. The van der Waals surface area contributed by atoms with Crippen LogP contribution in [0.4, 0.5) is 0 Å². The SMILES string of the molecule is CCCCc1ccc(CC(=O)NC2CC(O)C2)cc1. The molecule has 0 atom stereocenters. The lowest BCUT2D eigenvalue weighted by molar-refractivity contribution is -0.122. The fraction of sp³-hybridized carbons (Fsp3) is 0.562. The van der Waals surface area contributed by atoms with Crippen LogP contribution in [0.2, 0.25) is 0 Å². The van der Waals surface area contributed by atoms with Gasteiger partial charge >= 0.3 is 0 Å². The summed E-state index contributed by atoms with van der Waals surface area (Å²) in [6, 6.07) is 8.49. The number of benzene rings is 1. The van der Waals surface area contributed by atoms with Crippen LogP contribution in [-0.2, 0) is 17.6 Å². The number of carbonyl (C=O) groups is 1. The second-order valence-electron chi connectivity index (χ2n) is 5.49. The second kappa shape index (κ2) is 6.71. The maximum Gasteiger partial charge on any atom is 0.224 e. The number of aryl methyl sites for hydroxylation is 1. The highest BCUT2D eigenvalue weighted by atomic mass is 16.3. The highest BCUT2D eigenvalue weighted by molar-refractivity contribution is 5.79. The molecule has 1 aliphatic rings. The van der Waals surface area contributed by atoms with E-state index in [1.165, 1.54) is 18.4 Å². The van der Waals surface area contributed by atoms with Gasteiger partial charge in [-0.3, -0.25) is 4.79 Å². The summed E-state index contributed by atoms with van der Waals surface area (Å²) in [5.74, 6) is 0.0539. The zero-order valence-electron chi connectivity index (χ0n) is 11.6. The molecule has 0 unspecified atom stereocenters. The molecule has 2 N–H and O–H groups in total. The van der Waals surface area contributed by atoms with Gasteiger partial charge in [0.2, 0.25) is 5.91 Å². The molecule has 1 aromatic rings. The Morgan fingerprint density at radius 3 is 2.47 bits per heavy atom. The van der Waals surface area contributed by atoms with Gasteiger partial charge in [-0.2, -0.15) is 0 Å². The number of aliphatic hydroxyl groups is 1. The van der Waals surface area contributed by atoms with Crippen LogP contribution in [0.1, 0.15) is 43.7 Å². The third-order valence-corrected chi connectivity index (χ3v) is 3.68. The van der Waals surface area contributed by atoms with Crippen LogP contribution in [-0.4, -0.2) is 23.2 Å². The number of amides is 1. The van der Waals surface area contributed by atoms with Crippen LogP contribution in [0.25, 0.3) is 0 Å². The first kappa shape index (κ1) is 14.1. The molecular formula is C16H23NO2. The predicted octanol–water partition coefficient (Wildman–Crippen LogP) is 2.21. The Hall–Kier alpha value is -1.35. The third-order valence-electron chi connectivity index (χ3n) is 3.68. The van der Waals surface area contributed by atoms with Crippen LogP contribution in [0.5, 0.6) is 0 Å². The average Bonchev–Trinajstić information content (AvgIpc) is 2.36. The third kappa shape index (κ3) is 4.35. The topological polar surface area (TPSA) is 49.3 Å². The number of aliphatic hydroxyl groups excluding tert-OH is 1. The molecule has 0 spiro atoms. The Labute approximate surface area is 115 Å². The molecule has 1 fully saturated rings. The summed E-state index contributed by atoms with van der Waals surface area (Å²) in [6.45, 7) is 2.19. The van der Waals surface area contributed by atoms with E-state index in [4.69, 9.17) is 0 Å². The van der Waals surface area contributed by atoms with E-state index in [0.717, 1.165) is 12.0 Å². The normalized spacial score (nSPS) is 21.8. The molecule has 3 heteroatoms. The minimum atomic E-state index is -0.219. The fourth-order valence-corrected chi connectivity index (χ4v) is 2.37. The number of carbonyl (C=O) groups excluding carboxylic acids is 1. The van der Waals surface area contributed by atoms with Crippen molar-refractivity contribution in [2.45, 2.75) is 57.6 Å². The monoisotopic (exact) mass is 261 g/mol. The van der Waals surface area contributed by atoms with Crippen LogP contribution in [0, 0.1) is 0 Å². The van der Waals surface area contributed by atoms with Gasteiger partial charge < -0.3 is 10.4 Å². The molecule has 0 bridgehead atoms. The van der Waals surface area contributed by atoms with Crippen molar-refractivity contribution in [3.05, 3.63) is 35.4 Å². The molecule has 0 saturated heterocycles. The van der Waals surface area contributed by atoms with E-state index in [-0.39, 0.29) is 18.1 Å². The largest absolute Gasteiger partial charge is 0.393 e. The lowest BCUT2D eigenvalue weighted by Crippen LogP contribution is -2.47. The van der Waals surface area contributed by atoms with E-state index in [1.54, 1.807) is 0 Å². The van der Waals surface area contributed by atoms with Crippen LogP contribution < -0.4 is 5.32 Å². The summed E-state index contributed by atoms with van der Waals surface area (Å²) in [5.41, 5.74) is 2.39. The maximum atomic E-state index is 11.8. The first-order valence-electron chi connectivity index (χ1n) is 7.22. The highest BCUT2D eigenvalue weighted by Gasteiger charge is 2.28. The van der Waals surface area contributed by atoms with Crippen molar-refractivity contribution in [3.63, 3.8) is 0 Å². The zero-order valence-corrected chi connectivity index (χ0v) is 11.6. The molecular weight excluding hydrogens is 238 g/mol. The van der Waals surface area contributed by atoms with Crippen LogP contribution in [0.3, 0.4) is 0 Å². The van der Waals surface area contributed by atoms with Gasteiger partial charge in [-0.05, 0) is 36.8 Å². The lowest BCUT2D eigenvalue weighted by atomic mass is 9.89. The zero-order chi connectivity index (χ0) is 13.7. The van der Waals surface area contributed by atoms with E-state index >= 15 is 0 Å².